The Morgan fingerprint density at radius 2 is 2.15 bits per heavy atom. The van der Waals surface area contributed by atoms with Gasteiger partial charge in [0.15, 0.2) is 0 Å². The molecule has 0 unspecified atom stereocenters. The van der Waals surface area contributed by atoms with Crippen molar-refractivity contribution < 1.29 is 14.7 Å². The van der Waals surface area contributed by atoms with Crippen LogP contribution < -0.4 is 0 Å². The quantitative estimate of drug-likeness (QED) is 0.687. The summed E-state index contributed by atoms with van der Waals surface area (Å²) in [6.45, 7) is 3.58. The summed E-state index contributed by atoms with van der Waals surface area (Å²) in [6, 6.07) is 5.94. The molecule has 1 fully saturated rings. The van der Waals surface area contributed by atoms with Crippen LogP contribution in [0.4, 0.5) is 0 Å². The van der Waals surface area contributed by atoms with Crippen LogP contribution in [0.15, 0.2) is 23.1 Å². The van der Waals surface area contributed by atoms with Crippen LogP contribution in [0.1, 0.15) is 16.7 Å². The van der Waals surface area contributed by atoms with Gasteiger partial charge >= 0.3 is 5.97 Å². The number of carboxylic acids is 1. The zero-order valence-corrected chi connectivity index (χ0v) is 12.7. The lowest BCUT2D eigenvalue weighted by Crippen LogP contribution is -2.33. The maximum Gasteiger partial charge on any atom is 0.323 e. The van der Waals surface area contributed by atoms with Crippen LogP contribution in [-0.2, 0) is 9.59 Å². The average Bonchev–Trinajstić information content (AvgIpc) is 2.60. The zero-order chi connectivity index (χ0) is 14.9. The second-order valence-electron chi connectivity index (χ2n) is 4.52. The summed E-state index contributed by atoms with van der Waals surface area (Å²) in [5, 5.41) is 8.78. The molecule has 2 rings (SSSR count). The minimum Gasteiger partial charge on any atom is -0.480 e. The minimum atomic E-state index is -1.07. The smallest absolute Gasteiger partial charge is 0.323 e. The summed E-state index contributed by atoms with van der Waals surface area (Å²) in [6.07, 6.45) is 1.76. The predicted molar refractivity (Wildman–Crippen MR) is 83.4 cm³/mol. The first-order valence-corrected chi connectivity index (χ1v) is 7.15. The second-order valence-corrected chi connectivity index (χ2v) is 6.20. The Kier molecular flexibility index (Phi) is 4.25. The zero-order valence-electron chi connectivity index (χ0n) is 11.0. The first-order valence-electron chi connectivity index (χ1n) is 5.93. The lowest BCUT2D eigenvalue weighted by Gasteiger charge is -2.10. The van der Waals surface area contributed by atoms with E-state index in [4.69, 9.17) is 17.3 Å². The van der Waals surface area contributed by atoms with Gasteiger partial charge < -0.3 is 5.11 Å². The van der Waals surface area contributed by atoms with Crippen molar-refractivity contribution in [2.45, 2.75) is 13.8 Å². The number of hydrogen-bond donors (Lipinski definition) is 1. The van der Waals surface area contributed by atoms with E-state index in [0.29, 0.717) is 4.91 Å². The molecule has 1 aromatic carbocycles. The van der Waals surface area contributed by atoms with E-state index in [2.05, 4.69) is 0 Å². The minimum absolute atomic E-state index is 0.286. The topological polar surface area (TPSA) is 57.6 Å². The van der Waals surface area contributed by atoms with Crippen molar-refractivity contribution in [2.24, 2.45) is 0 Å². The molecule has 6 heteroatoms. The third-order valence-corrected chi connectivity index (χ3v) is 4.26. The Morgan fingerprint density at radius 3 is 2.75 bits per heavy atom. The Labute approximate surface area is 126 Å². The Bertz CT molecular complexity index is 637. The number of carbonyl (C=O) groups is 2. The highest BCUT2D eigenvalue weighted by Gasteiger charge is 2.33. The average molecular weight is 307 g/mol. The van der Waals surface area contributed by atoms with Crippen LogP contribution in [-0.4, -0.2) is 32.7 Å². The van der Waals surface area contributed by atoms with Crippen molar-refractivity contribution in [3.63, 3.8) is 0 Å². The number of carbonyl (C=O) groups excluding carboxylic acids is 1. The molecule has 0 aromatic heterocycles. The molecule has 0 aliphatic carbocycles. The molecule has 104 valence electrons. The number of aliphatic carboxylic acids is 1. The van der Waals surface area contributed by atoms with E-state index in [1.165, 1.54) is 0 Å². The molecule has 1 aliphatic heterocycles. The van der Waals surface area contributed by atoms with Crippen molar-refractivity contribution in [2.75, 3.05) is 6.54 Å². The first-order chi connectivity index (χ1) is 9.38. The normalized spacial score (nSPS) is 17.1. The predicted octanol–water partition coefficient (Wildman–Crippen LogP) is 2.59. The van der Waals surface area contributed by atoms with Gasteiger partial charge in [-0.05, 0) is 31.1 Å². The van der Waals surface area contributed by atoms with Crippen molar-refractivity contribution in [1.29, 1.82) is 0 Å². The molecule has 0 spiro atoms. The van der Waals surface area contributed by atoms with Gasteiger partial charge in [0.25, 0.3) is 5.91 Å². The molecule has 1 N–H and O–H groups in total. The molecule has 1 heterocycles. The van der Waals surface area contributed by atoms with Gasteiger partial charge in [0.1, 0.15) is 10.9 Å². The van der Waals surface area contributed by atoms with Crippen molar-refractivity contribution in [3.8, 4) is 0 Å². The molecule has 20 heavy (non-hydrogen) atoms. The SMILES string of the molecule is Cc1ccc(/C=C2/SC(=S)N(CC(=O)O)C2=O)c(C)c1. The highest BCUT2D eigenvalue weighted by Crippen LogP contribution is 2.32. The molecule has 1 aromatic rings. The van der Waals surface area contributed by atoms with Gasteiger partial charge in [-0.25, -0.2) is 0 Å². The van der Waals surface area contributed by atoms with Gasteiger partial charge in [0.2, 0.25) is 0 Å². The van der Waals surface area contributed by atoms with Gasteiger partial charge in [-0.1, -0.05) is 47.7 Å². The van der Waals surface area contributed by atoms with Gasteiger partial charge in [0, 0.05) is 0 Å². The van der Waals surface area contributed by atoms with E-state index in [1.807, 2.05) is 32.0 Å². The van der Waals surface area contributed by atoms with Crippen LogP contribution in [0.3, 0.4) is 0 Å². The highest BCUT2D eigenvalue weighted by atomic mass is 32.2. The fraction of sp³-hybridized carbons (Fsp3) is 0.214. The Morgan fingerprint density at radius 1 is 1.45 bits per heavy atom. The Hall–Kier alpha value is -1.66. The maximum absolute atomic E-state index is 12.1. The van der Waals surface area contributed by atoms with Crippen LogP contribution in [0.5, 0.6) is 0 Å². The van der Waals surface area contributed by atoms with Crippen molar-refractivity contribution in [3.05, 3.63) is 39.8 Å². The number of hydrogen-bond acceptors (Lipinski definition) is 4. The number of rotatable bonds is 3. The molecular weight excluding hydrogens is 294 g/mol. The number of nitrogens with zero attached hydrogens (tertiary/aromatic N) is 1. The summed E-state index contributed by atoms with van der Waals surface area (Å²) in [4.78, 5) is 24.4. The summed E-state index contributed by atoms with van der Waals surface area (Å²) in [5.41, 5.74) is 3.15. The van der Waals surface area contributed by atoms with E-state index in [0.717, 1.165) is 33.4 Å². The van der Waals surface area contributed by atoms with Crippen molar-refractivity contribution >= 4 is 46.3 Å². The molecule has 1 aliphatic rings. The third kappa shape index (κ3) is 3.08. The molecule has 0 bridgehead atoms. The van der Waals surface area contributed by atoms with Crippen LogP contribution in [0, 0.1) is 13.8 Å². The standard InChI is InChI=1S/C14H13NO3S2/c1-8-3-4-10(9(2)5-8)6-11-13(18)15(7-12(16)17)14(19)20-11/h3-6H,7H2,1-2H3,(H,16,17)/b11-6+. The van der Waals surface area contributed by atoms with Crippen LogP contribution in [0.25, 0.3) is 6.08 Å². The number of benzene rings is 1. The number of aryl methyl sites for hydroxylation is 2. The van der Waals surface area contributed by atoms with Gasteiger partial charge in [-0.2, -0.15) is 0 Å². The van der Waals surface area contributed by atoms with E-state index in [9.17, 15) is 9.59 Å². The van der Waals surface area contributed by atoms with E-state index in [1.54, 1.807) is 6.08 Å². The van der Waals surface area contributed by atoms with Gasteiger partial charge in [0.05, 0.1) is 4.91 Å². The fourth-order valence-electron chi connectivity index (χ4n) is 1.90. The van der Waals surface area contributed by atoms with Crippen LogP contribution in [0.2, 0.25) is 0 Å². The number of thioether (sulfide) groups is 1. The lowest BCUT2D eigenvalue weighted by atomic mass is 10.1. The third-order valence-electron chi connectivity index (χ3n) is 2.88. The molecule has 0 atom stereocenters. The fourth-order valence-corrected chi connectivity index (χ4v) is 3.15. The number of carboxylic acid groups (broad SMARTS) is 1. The largest absolute Gasteiger partial charge is 0.480 e. The molecule has 0 radical (unpaired) electrons. The highest BCUT2D eigenvalue weighted by molar-refractivity contribution is 8.26. The summed E-state index contributed by atoms with van der Waals surface area (Å²) in [5.74, 6) is -1.42. The maximum atomic E-state index is 12.1. The monoisotopic (exact) mass is 307 g/mol. The summed E-state index contributed by atoms with van der Waals surface area (Å²) < 4.78 is 0.286. The lowest BCUT2D eigenvalue weighted by molar-refractivity contribution is -0.140. The van der Waals surface area contributed by atoms with Crippen LogP contribution >= 0.6 is 24.0 Å². The number of thiocarbonyl (C=S) groups is 1. The summed E-state index contributed by atoms with van der Waals surface area (Å²) >= 11 is 6.18. The molecule has 1 amide bonds. The molecule has 4 nitrogen and oxygen atoms in total. The van der Waals surface area contributed by atoms with E-state index in [-0.39, 0.29) is 10.2 Å². The summed E-state index contributed by atoms with van der Waals surface area (Å²) in [7, 11) is 0. The van der Waals surface area contributed by atoms with E-state index < -0.39 is 12.5 Å². The van der Waals surface area contributed by atoms with E-state index >= 15 is 0 Å². The second kappa shape index (κ2) is 5.76. The van der Waals surface area contributed by atoms with Gasteiger partial charge in [-0.15, -0.1) is 0 Å². The molecule has 0 saturated carbocycles. The van der Waals surface area contributed by atoms with Gasteiger partial charge in [-0.3, -0.25) is 14.5 Å². The molecular formula is C14H13NO3S2. The number of amides is 1. The Balaban J connectivity index is 2.30. The molecule has 1 saturated heterocycles. The first kappa shape index (κ1) is 14.7. The van der Waals surface area contributed by atoms with Crippen molar-refractivity contribution in [1.82, 2.24) is 4.90 Å².